The van der Waals surface area contributed by atoms with Crippen molar-refractivity contribution >= 4 is 11.0 Å². The summed E-state index contributed by atoms with van der Waals surface area (Å²) >= 11 is 0. The maximum absolute atomic E-state index is 13.3. The molecule has 5 fully saturated rings. The van der Waals surface area contributed by atoms with Crippen molar-refractivity contribution in [1.82, 2.24) is 15.0 Å². The molecule has 8 atom stereocenters. The highest BCUT2D eigenvalue weighted by atomic mass is 19.4. The summed E-state index contributed by atoms with van der Waals surface area (Å²) in [6.45, 7) is 6.57. The van der Waals surface area contributed by atoms with Crippen LogP contribution in [0.1, 0.15) is 57.7 Å². The van der Waals surface area contributed by atoms with Crippen LogP contribution in [0.5, 0.6) is 5.75 Å². The van der Waals surface area contributed by atoms with Crippen LogP contribution in [-0.4, -0.2) is 45.6 Å². The summed E-state index contributed by atoms with van der Waals surface area (Å²) in [7, 11) is 0. The Morgan fingerprint density at radius 2 is 1.95 bits per heavy atom. The molecule has 3 aromatic rings. The maximum Gasteiger partial charge on any atom is 0.417 e. The molecule has 238 valence electrons. The molecule has 0 radical (unpaired) electrons. The van der Waals surface area contributed by atoms with E-state index in [2.05, 4.69) is 24.2 Å². The molecule has 0 N–H and O–H groups in total. The Morgan fingerprint density at radius 3 is 2.77 bits per heavy atom. The Kier molecular flexibility index (Phi) is 7.28. The average Bonchev–Trinajstić information content (AvgIpc) is 3.31. The molecule has 2 bridgehead atoms. The van der Waals surface area contributed by atoms with E-state index in [0.29, 0.717) is 30.7 Å². The zero-order valence-electron chi connectivity index (χ0n) is 24.5. The molecule has 44 heavy (non-hydrogen) atoms. The molecule has 14 heteroatoms. The second-order valence-corrected chi connectivity index (χ2v) is 12.6. The van der Waals surface area contributed by atoms with Crippen LogP contribution in [0, 0.1) is 23.7 Å². The Bertz CT molecular complexity index is 1600. The molecule has 8 rings (SSSR count). The molecule has 4 saturated heterocycles. The Labute approximate surface area is 250 Å². The summed E-state index contributed by atoms with van der Waals surface area (Å²) < 4.78 is 71.1. The smallest absolute Gasteiger partial charge is 0.417 e. The van der Waals surface area contributed by atoms with Gasteiger partial charge < -0.3 is 23.4 Å². The minimum Gasteiger partial charge on any atom is -0.471 e. The lowest BCUT2D eigenvalue weighted by Crippen LogP contribution is -2.70. The Hall–Kier alpha value is -3.04. The maximum atomic E-state index is 13.3. The van der Waals surface area contributed by atoms with Crippen molar-refractivity contribution in [2.75, 3.05) is 6.61 Å². The first-order valence-corrected chi connectivity index (χ1v) is 14.9. The number of hydrogen-bond acceptors (Lipinski definition) is 10. The molecular weight excluding hydrogens is 587 g/mol. The van der Waals surface area contributed by atoms with Crippen LogP contribution >= 0.6 is 0 Å². The number of rotatable bonds is 7. The Balaban J connectivity index is 0.967. The van der Waals surface area contributed by atoms with E-state index in [4.69, 9.17) is 33.1 Å². The van der Waals surface area contributed by atoms with Gasteiger partial charge in [0.25, 0.3) is 0 Å². The van der Waals surface area contributed by atoms with Crippen molar-refractivity contribution < 1.29 is 46.3 Å². The summed E-state index contributed by atoms with van der Waals surface area (Å²) in [6.07, 6.45) is 0.184. The van der Waals surface area contributed by atoms with Crippen molar-refractivity contribution in [1.29, 1.82) is 0 Å². The van der Waals surface area contributed by atoms with E-state index in [1.807, 2.05) is 6.92 Å². The minimum absolute atomic E-state index is 0.0542. The number of aromatic nitrogens is 3. The normalized spacial score (nSPS) is 35.0. The molecule has 1 saturated carbocycles. The van der Waals surface area contributed by atoms with Crippen LogP contribution in [0.4, 0.5) is 13.2 Å². The summed E-state index contributed by atoms with van der Waals surface area (Å²) in [6, 6.07) is 4.25. The van der Waals surface area contributed by atoms with Crippen LogP contribution in [-0.2, 0) is 43.3 Å². The first-order valence-electron chi connectivity index (χ1n) is 14.9. The third kappa shape index (κ3) is 5.10. The second-order valence-electron chi connectivity index (χ2n) is 12.6. The third-order valence-electron chi connectivity index (χ3n) is 9.71. The standard InChI is InChI=1S/C30H34F3N3O8/c1-16-4-7-22-17(2)26(41-27-29(22)21(16)8-10-28(3,42-27)43-44-29)38-11-9-18-14-36(35-34-18)15-39-19-5-6-20-23(30(31,32)33)13-25(37)40-24(20)12-19/h5-6,12-14,16-17,21-22,26-27H,4,7-11,15H2,1-3H3/t16-,17-,21+,22+,26+,27-,28-,29-/m1/s1. The van der Waals surface area contributed by atoms with Crippen LogP contribution in [0.15, 0.2) is 39.7 Å². The fraction of sp³-hybridized carbons (Fsp3) is 0.633. The molecule has 11 nitrogen and oxygen atoms in total. The van der Waals surface area contributed by atoms with Crippen molar-refractivity contribution in [3.63, 3.8) is 0 Å². The van der Waals surface area contributed by atoms with Gasteiger partial charge >= 0.3 is 11.8 Å². The first-order chi connectivity index (χ1) is 20.9. The summed E-state index contributed by atoms with van der Waals surface area (Å²) in [4.78, 5) is 23.7. The van der Waals surface area contributed by atoms with Gasteiger partial charge in [0.05, 0.1) is 24.1 Å². The van der Waals surface area contributed by atoms with Crippen molar-refractivity contribution in [3.8, 4) is 5.75 Å². The highest BCUT2D eigenvalue weighted by Gasteiger charge is 2.69. The van der Waals surface area contributed by atoms with E-state index in [9.17, 15) is 18.0 Å². The van der Waals surface area contributed by atoms with Crippen molar-refractivity contribution in [2.24, 2.45) is 23.7 Å². The van der Waals surface area contributed by atoms with Crippen LogP contribution in [0.3, 0.4) is 0 Å². The van der Waals surface area contributed by atoms with Crippen LogP contribution in [0.25, 0.3) is 11.0 Å². The van der Waals surface area contributed by atoms with Gasteiger partial charge in [0.2, 0.25) is 5.79 Å². The fourth-order valence-corrected chi connectivity index (χ4v) is 7.47. The SMILES string of the molecule is C[C@H]1[C@@H](OCCc2cn(COc3ccc4c(C(F)(F)F)cc(=O)oc4c3)nn2)O[C@@H]2O[C@@]3(C)CC[C@H]4[C@H](C)CC[C@@H]1[C@@]24OO3. The monoisotopic (exact) mass is 621 g/mol. The zero-order valence-corrected chi connectivity index (χ0v) is 24.5. The molecule has 0 amide bonds. The van der Waals surface area contributed by atoms with Crippen LogP contribution in [0.2, 0.25) is 0 Å². The largest absolute Gasteiger partial charge is 0.471 e. The molecule has 1 spiro atoms. The van der Waals surface area contributed by atoms with E-state index >= 15 is 0 Å². The number of hydrogen-bond donors (Lipinski definition) is 0. The quantitative estimate of drug-likeness (QED) is 0.257. The summed E-state index contributed by atoms with van der Waals surface area (Å²) in [5, 5.41) is 8.00. The molecule has 4 aliphatic heterocycles. The number of nitrogens with zero attached hydrogens (tertiary/aromatic N) is 3. The van der Waals surface area contributed by atoms with Gasteiger partial charge in [0, 0.05) is 42.2 Å². The lowest BCUT2D eigenvalue weighted by atomic mass is 9.58. The zero-order chi connectivity index (χ0) is 30.9. The van der Waals surface area contributed by atoms with E-state index in [1.54, 1.807) is 6.20 Å². The molecular formula is C30H34F3N3O8. The highest BCUT2D eigenvalue weighted by molar-refractivity contribution is 5.82. The van der Waals surface area contributed by atoms with E-state index in [1.165, 1.54) is 22.9 Å². The van der Waals surface area contributed by atoms with Gasteiger partial charge in [0.1, 0.15) is 11.3 Å². The van der Waals surface area contributed by atoms with Crippen molar-refractivity contribution in [3.05, 3.63) is 52.1 Å². The van der Waals surface area contributed by atoms with Gasteiger partial charge in [-0.2, -0.15) is 13.2 Å². The van der Waals surface area contributed by atoms with Gasteiger partial charge in [-0.05, 0) is 50.2 Å². The number of halogens is 3. The van der Waals surface area contributed by atoms with Gasteiger partial charge in [-0.25, -0.2) is 19.3 Å². The highest BCUT2D eigenvalue weighted by Crippen LogP contribution is 2.60. The Morgan fingerprint density at radius 1 is 1.11 bits per heavy atom. The number of alkyl halides is 3. The molecule has 1 aliphatic carbocycles. The topological polar surface area (TPSA) is 116 Å². The van der Waals surface area contributed by atoms with Gasteiger partial charge in [-0.1, -0.05) is 19.1 Å². The van der Waals surface area contributed by atoms with Gasteiger partial charge in [-0.15, -0.1) is 5.10 Å². The molecule has 0 unspecified atom stereocenters. The summed E-state index contributed by atoms with van der Waals surface area (Å²) in [5.74, 6) is 0.330. The van der Waals surface area contributed by atoms with Gasteiger partial charge in [0.15, 0.2) is 24.9 Å². The first kappa shape index (κ1) is 29.7. The second kappa shape index (κ2) is 10.8. The lowest BCUT2D eigenvalue weighted by Gasteiger charge is -2.60. The van der Waals surface area contributed by atoms with Crippen molar-refractivity contribution in [2.45, 2.75) is 89.8 Å². The number of fused-ring (bicyclic) bond motifs is 3. The number of benzene rings is 1. The lowest BCUT2D eigenvalue weighted by molar-refractivity contribution is -0.577. The fourth-order valence-electron chi connectivity index (χ4n) is 7.47. The van der Waals surface area contributed by atoms with Gasteiger partial charge in [-0.3, -0.25) is 0 Å². The van der Waals surface area contributed by atoms with E-state index in [-0.39, 0.29) is 41.2 Å². The van der Waals surface area contributed by atoms with E-state index in [0.717, 1.165) is 25.7 Å². The predicted molar refractivity (Wildman–Crippen MR) is 145 cm³/mol. The minimum atomic E-state index is -4.69. The molecule has 1 aromatic carbocycles. The molecule has 2 aromatic heterocycles. The average molecular weight is 622 g/mol. The summed E-state index contributed by atoms with van der Waals surface area (Å²) in [5.41, 5.74) is -2.37. The van der Waals surface area contributed by atoms with Crippen LogP contribution < -0.4 is 10.4 Å². The molecule has 6 heterocycles. The third-order valence-corrected chi connectivity index (χ3v) is 9.71. The molecule has 5 aliphatic rings. The predicted octanol–water partition coefficient (Wildman–Crippen LogP) is 5.21. The van der Waals surface area contributed by atoms with E-state index < -0.39 is 41.3 Å². The number of ether oxygens (including phenoxy) is 4.